The molecule has 7 unspecified atom stereocenters. The lowest BCUT2D eigenvalue weighted by atomic mass is 9.84. The molecular formula is C76H131N3O15. The largest absolute Gasteiger partial charge is 0.481 e. The molecule has 0 aliphatic heterocycles. The van der Waals surface area contributed by atoms with Gasteiger partial charge in [0.1, 0.15) is 13.2 Å². The quantitative estimate of drug-likeness (QED) is 0.0143. The van der Waals surface area contributed by atoms with E-state index in [1.54, 1.807) is 6.92 Å². The van der Waals surface area contributed by atoms with Gasteiger partial charge in [0.05, 0.1) is 24.2 Å². The molecule has 3 amide bonds. The molecule has 0 bridgehead atoms. The van der Waals surface area contributed by atoms with Gasteiger partial charge in [0.15, 0.2) is 6.10 Å². The highest BCUT2D eigenvalue weighted by atomic mass is 16.6. The van der Waals surface area contributed by atoms with E-state index in [-0.39, 0.29) is 87.2 Å². The molecule has 0 aliphatic rings. The Morgan fingerprint density at radius 1 is 0.372 bits per heavy atom. The molecule has 540 valence electrons. The van der Waals surface area contributed by atoms with Crippen molar-refractivity contribution in [3.8, 4) is 0 Å². The van der Waals surface area contributed by atoms with Crippen molar-refractivity contribution in [1.82, 2.24) is 16.0 Å². The Balaban J connectivity index is 5.66. The van der Waals surface area contributed by atoms with Crippen LogP contribution in [0.5, 0.6) is 0 Å². The second-order valence-corrected chi connectivity index (χ2v) is 25.6. The Labute approximate surface area is 567 Å². The number of hydrogen-bond acceptors (Lipinski definition) is 12. The Hall–Kier alpha value is -5.81. The number of allylic oxidation sites excluding steroid dienone is 8. The highest BCUT2D eigenvalue weighted by Crippen LogP contribution is 2.28. The highest BCUT2D eigenvalue weighted by molar-refractivity contribution is 5.84. The van der Waals surface area contributed by atoms with Gasteiger partial charge in [-0.05, 0) is 128 Å². The SMILES string of the molecule is CCCCC/C=C\CC(/C=C/CCCCCCC(=O)OC(COC(=O)CCCCCCCCC(/C=C/CCCCCC)C(CC(=O)NCCC)C(=O)O)COC(=O)CCCCCCCC(/C=C/CCCCCCC)C(CC(=O)O)C(=O)NCC)C(CC(=O)NCC)C(=O)O. The van der Waals surface area contributed by atoms with E-state index in [1.165, 1.54) is 19.3 Å². The Morgan fingerprint density at radius 3 is 1.22 bits per heavy atom. The number of carboxylic acid groups (broad SMARTS) is 3. The van der Waals surface area contributed by atoms with Crippen LogP contribution in [0, 0.1) is 35.5 Å². The first-order valence-electron chi connectivity index (χ1n) is 37.1. The van der Waals surface area contributed by atoms with Gasteiger partial charge in [-0.2, -0.15) is 0 Å². The number of ether oxygens (including phenoxy) is 3. The number of carbonyl (C=O) groups is 9. The summed E-state index contributed by atoms with van der Waals surface area (Å²) in [5.41, 5.74) is 0. The normalized spacial score (nSPS) is 13.9. The van der Waals surface area contributed by atoms with Gasteiger partial charge in [-0.1, -0.05) is 205 Å². The van der Waals surface area contributed by atoms with Crippen molar-refractivity contribution in [2.75, 3.05) is 32.8 Å². The van der Waals surface area contributed by atoms with Crippen LogP contribution in [0.15, 0.2) is 48.6 Å². The van der Waals surface area contributed by atoms with Crippen LogP contribution >= 0.6 is 0 Å². The zero-order chi connectivity index (χ0) is 69.7. The fourth-order valence-corrected chi connectivity index (χ4v) is 11.6. The van der Waals surface area contributed by atoms with Gasteiger partial charge in [-0.25, -0.2) is 0 Å². The zero-order valence-corrected chi connectivity index (χ0v) is 59.4. The van der Waals surface area contributed by atoms with Gasteiger partial charge in [-0.15, -0.1) is 0 Å². The first-order valence-corrected chi connectivity index (χ1v) is 37.1. The Morgan fingerprint density at radius 2 is 0.755 bits per heavy atom. The van der Waals surface area contributed by atoms with E-state index in [0.29, 0.717) is 64.6 Å². The molecule has 0 fully saturated rings. The zero-order valence-electron chi connectivity index (χ0n) is 59.4. The number of hydrogen-bond donors (Lipinski definition) is 6. The first-order chi connectivity index (χ1) is 45.5. The monoisotopic (exact) mass is 1330 g/mol. The van der Waals surface area contributed by atoms with Gasteiger partial charge in [0.2, 0.25) is 17.7 Å². The van der Waals surface area contributed by atoms with E-state index in [1.807, 2.05) is 44.2 Å². The van der Waals surface area contributed by atoms with E-state index < -0.39 is 59.7 Å². The fourth-order valence-electron chi connectivity index (χ4n) is 11.6. The maximum Gasteiger partial charge on any atom is 0.307 e. The Kier molecular flexibility index (Phi) is 58.2. The summed E-state index contributed by atoms with van der Waals surface area (Å²) in [5, 5.41) is 38.3. The van der Waals surface area contributed by atoms with E-state index >= 15 is 0 Å². The molecule has 0 aliphatic carbocycles. The summed E-state index contributed by atoms with van der Waals surface area (Å²) in [6.07, 6.45) is 46.4. The average Bonchev–Trinajstić information content (AvgIpc) is 1.02. The second kappa shape index (κ2) is 62.0. The summed E-state index contributed by atoms with van der Waals surface area (Å²) < 4.78 is 17.0. The number of carbonyl (C=O) groups excluding carboxylic acids is 6. The van der Waals surface area contributed by atoms with E-state index in [9.17, 15) is 58.5 Å². The lowest BCUT2D eigenvalue weighted by molar-refractivity contribution is -0.167. The third-order valence-electron chi connectivity index (χ3n) is 17.2. The molecule has 0 saturated heterocycles. The van der Waals surface area contributed by atoms with Crippen LogP contribution in [0.4, 0.5) is 0 Å². The summed E-state index contributed by atoms with van der Waals surface area (Å²) in [6.45, 7) is 12.9. The van der Waals surface area contributed by atoms with E-state index in [4.69, 9.17) is 14.2 Å². The molecular weight excluding hydrogens is 1190 g/mol. The fraction of sp³-hybridized carbons (Fsp3) is 0.776. The number of esters is 3. The molecule has 0 aromatic heterocycles. The summed E-state index contributed by atoms with van der Waals surface area (Å²) >= 11 is 0. The maximum atomic E-state index is 13.2. The number of amides is 3. The van der Waals surface area contributed by atoms with Crippen molar-refractivity contribution in [1.29, 1.82) is 0 Å². The number of aliphatic carboxylic acids is 3. The molecule has 0 aromatic carbocycles. The third kappa shape index (κ3) is 50.6. The number of carboxylic acids is 3. The smallest absolute Gasteiger partial charge is 0.307 e. The summed E-state index contributed by atoms with van der Waals surface area (Å²) in [4.78, 5) is 114. The standard InChI is InChI=1S/C76H131N3O15/c1-7-13-16-19-22-30-37-46-61(65(58-70(82)83)74(87)78-12-6)47-38-33-27-36-44-53-72(85)93-60-64(94-73(86)54-45-35-26-24-32-41-50-62(48-39-28-20-17-14-8-2)66(75(88)89)56-68(80)77-11-5)59-92-71(84)52-43-34-25-23-31-42-51-63(49-40-29-21-18-15-9-3)67(76(90)91)57-69(81)79-55-10-4/h28,37,39-41,46,49-50,61-67H,7-27,29-36,38,42-45,47-48,51-60H2,1-6H3,(H,77,80)(H,78,87)(H,79,81)(H,82,83)(H,88,89)(H,90,91)/b39-28-,46-37+,49-40+,50-41+. The summed E-state index contributed by atoms with van der Waals surface area (Å²) in [7, 11) is 0. The van der Waals surface area contributed by atoms with Crippen molar-refractivity contribution >= 4 is 53.5 Å². The first kappa shape index (κ1) is 88.2. The topological polar surface area (TPSA) is 278 Å². The van der Waals surface area contributed by atoms with Crippen molar-refractivity contribution in [2.45, 2.75) is 311 Å². The predicted molar refractivity (Wildman–Crippen MR) is 375 cm³/mol. The van der Waals surface area contributed by atoms with Crippen LogP contribution < -0.4 is 16.0 Å². The van der Waals surface area contributed by atoms with Gasteiger partial charge in [-0.3, -0.25) is 43.2 Å². The molecule has 0 heterocycles. The maximum absolute atomic E-state index is 13.2. The van der Waals surface area contributed by atoms with Gasteiger partial charge >= 0.3 is 35.8 Å². The van der Waals surface area contributed by atoms with Crippen LogP contribution in [0.25, 0.3) is 0 Å². The van der Waals surface area contributed by atoms with Crippen LogP contribution in [-0.2, 0) is 57.4 Å². The number of unbranched alkanes of at least 4 members (excludes halogenated alkanes) is 25. The van der Waals surface area contributed by atoms with Crippen molar-refractivity contribution in [3.05, 3.63) is 48.6 Å². The van der Waals surface area contributed by atoms with Gasteiger partial charge < -0.3 is 45.5 Å². The van der Waals surface area contributed by atoms with E-state index in [2.05, 4.69) is 54.9 Å². The summed E-state index contributed by atoms with van der Waals surface area (Å²) in [6, 6.07) is 0. The molecule has 0 radical (unpaired) electrons. The van der Waals surface area contributed by atoms with Crippen LogP contribution in [0.3, 0.4) is 0 Å². The molecule has 18 nitrogen and oxygen atoms in total. The van der Waals surface area contributed by atoms with Gasteiger partial charge in [0.25, 0.3) is 0 Å². The molecule has 0 rings (SSSR count). The third-order valence-corrected chi connectivity index (χ3v) is 17.2. The molecule has 7 atom stereocenters. The van der Waals surface area contributed by atoms with Crippen LogP contribution in [0.1, 0.15) is 305 Å². The minimum absolute atomic E-state index is 0.0532. The molecule has 18 heteroatoms. The lowest BCUT2D eigenvalue weighted by Gasteiger charge is -2.23. The number of nitrogens with one attached hydrogen (secondary N) is 3. The van der Waals surface area contributed by atoms with Crippen molar-refractivity contribution in [3.63, 3.8) is 0 Å². The molecule has 0 aromatic rings. The molecule has 0 saturated carbocycles. The minimum atomic E-state index is -1.01. The molecule has 6 N–H and O–H groups in total. The lowest BCUT2D eigenvalue weighted by Crippen LogP contribution is -2.36. The van der Waals surface area contributed by atoms with Crippen LogP contribution in [-0.4, -0.2) is 108 Å². The number of rotatable bonds is 65. The van der Waals surface area contributed by atoms with E-state index in [0.717, 1.165) is 161 Å². The average molecular weight is 1330 g/mol. The second-order valence-electron chi connectivity index (χ2n) is 25.6. The molecule has 94 heavy (non-hydrogen) atoms. The van der Waals surface area contributed by atoms with Crippen LogP contribution in [0.2, 0.25) is 0 Å². The predicted octanol–water partition coefficient (Wildman–Crippen LogP) is 16.6. The van der Waals surface area contributed by atoms with Crippen molar-refractivity contribution < 1.29 is 72.7 Å². The van der Waals surface area contributed by atoms with Gasteiger partial charge in [0, 0.05) is 51.7 Å². The minimum Gasteiger partial charge on any atom is -0.481 e. The van der Waals surface area contributed by atoms with Crippen molar-refractivity contribution in [2.24, 2.45) is 35.5 Å². The molecule has 0 spiro atoms. The Bertz CT molecular complexity index is 2140. The highest BCUT2D eigenvalue weighted by Gasteiger charge is 2.31. The summed E-state index contributed by atoms with van der Waals surface area (Å²) in [5.74, 6) is -8.26.